The topological polar surface area (TPSA) is 67.7 Å². The molecule has 9 heteroatoms. The number of benzene rings is 4. The Balaban J connectivity index is 1.28. The molecule has 1 amide bonds. The lowest BCUT2D eigenvalue weighted by Crippen LogP contribution is -2.49. The molecule has 1 aliphatic rings. The molecule has 0 bridgehead atoms. The fourth-order valence-electron chi connectivity index (χ4n) is 5.36. The standard InChI is InChI=1S/C33H28F2N4O3/c1-2-42-27-8-5-7-25(19-27)39-20-31(36-32(39)29-11-10-24(34)18-30(29)35)33(41)38-14-12-37(13-15-38)26-16-22-6-3-4-9-28(22)23(17-26)21-40/h3-11,16-21H,2,12-15H2,1H3. The summed E-state index contributed by atoms with van der Waals surface area (Å²) in [7, 11) is 0. The Morgan fingerprint density at radius 1 is 0.929 bits per heavy atom. The summed E-state index contributed by atoms with van der Waals surface area (Å²) in [4.78, 5) is 33.8. The zero-order chi connectivity index (χ0) is 29.2. The smallest absolute Gasteiger partial charge is 0.274 e. The SMILES string of the molecule is CCOc1cccc(-n2cc(C(=O)N3CCN(c4cc(C=O)c5ccccc5c4)CC3)nc2-c2ccc(F)cc2F)c1. The number of imidazole rings is 1. The second kappa shape index (κ2) is 11.4. The molecule has 1 saturated heterocycles. The van der Waals surface area contributed by atoms with Gasteiger partial charge in [-0.25, -0.2) is 13.8 Å². The van der Waals surface area contributed by atoms with Crippen LogP contribution in [0.4, 0.5) is 14.5 Å². The van der Waals surface area contributed by atoms with Crippen LogP contribution in [0.2, 0.25) is 0 Å². The number of ether oxygens (including phenoxy) is 1. The van der Waals surface area contributed by atoms with Crippen molar-refractivity contribution < 1.29 is 23.1 Å². The Kier molecular flexibility index (Phi) is 7.39. The van der Waals surface area contributed by atoms with E-state index in [1.807, 2.05) is 37.3 Å². The van der Waals surface area contributed by atoms with Crippen molar-refractivity contribution in [2.24, 2.45) is 0 Å². The van der Waals surface area contributed by atoms with Crippen molar-refractivity contribution in [1.82, 2.24) is 14.5 Å². The lowest BCUT2D eigenvalue weighted by molar-refractivity contribution is 0.0741. The summed E-state index contributed by atoms with van der Waals surface area (Å²) in [6.07, 6.45) is 2.45. The van der Waals surface area contributed by atoms with Crippen LogP contribution in [0.3, 0.4) is 0 Å². The van der Waals surface area contributed by atoms with E-state index in [1.54, 1.807) is 39.9 Å². The number of fused-ring (bicyclic) bond motifs is 1. The third-order valence-electron chi connectivity index (χ3n) is 7.44. The predicted octanol–water partition coefficient (Wildman–Crippen LogP) is 6.14. The van der Waals surface area contributed by atoms with Crippen LogP contribution in [0.1, 0.15) is 27.8 Å². The van der Waals surface area contributed by atoms with Gasteiger partial charge in [-0.05, 0) is 54.1 Å². The van der Waals surface area contributed by atoms with Crippen molar-refractivity contribution >= 4 is 28.7 Å². The molecule has 4 aromatic carbocycles. The molecule has 0 saturated carbocycles. The normalized spacial score (nSPS) is 13.4. The summed E-state index contributed by atoms with van der Waals surface area (Å²) >= 11 is 0. The van der Waals surface area contributed by atoms with Gasteiger partial charge in [-0.15, -0.1) is 0 Å². The minimum atomic E-state index is -0.777. The second-order valence-electron chi connectivity index (χ2n) is 10.0. The van der Waals surface area contributed by atoms with Gasteiger partial charge in [0, 0.05) is 55.8 Å². The van der Waals surface area contributed by atoms with Crippen LogP contribution in [-0.2, 0) is 0 Å². The van der Waals surface area contributed by atoms with E-state index in [9.17, 15) is 18.4 Å². The number of piperazine rings is 1. The Bertz CT molecular complexity index is 1790. The number of hydrogen-bond acceptors (Lipinski definition) is 5. The molecule has 1 aromatic heterocycles. The van der Waals surface area contributed by atoms with Crippen molar-refractivity contribution in [3.05, 3.63) is 108 Å². The quantitative estimate of drug-likeness (QED) is 0.221. The van der Waals surface area contributed by atoms with E-state index in [1.165, 1.54) is 6.07 Å². The molecule has 7 nitrogen and oxygen atoms in total. The molecule has 0 atom stereocenters. The number of anilines is 1. The molecule has 0 radical (unpaired) electrons. The summed E-state index contributed by atoms with van der Waals surface area (Å²) in [5.41, 5.74) is 2.40. The molecule has 2 heterocycles. The van der Waals surface area contributed by atoms with Gasteiger partial charge in [0.15, 0.2) is 6.29 Å². The molecule has 42 heavy (non-hydrogen) atoms. The summed E-state index contributed by atoms with van der Waals surface area (Å²) in [5, 5.41) is 1.89. The zero-order valence-electron chi connectivity index (χ0n) is 23.0. The van der Waals surface area contributed by atoms with E-state index < -0.39 is 11.6 Å². The lowest BCUT2D eigenvalue weighted by Gasteiger charge is -2.36. The monoisotopic (exact) mass is 566 g/mol. The first-order valence-corrected chi connectivity index (χ1v) is 13.8. The van der Waals surface area contributed by atoms with Gasteiger partial charge in [0.2, 0.25) is 0 Å². The Hall–Kier alpha value is -5.05. The fourth-order valence-corrected chi connectivity index (χ4v) is 5.36. The lowest BCUT2D eigenvalue weighted by atomic mass is 10.0. The first kappa shape index (κ1) is 27.1. The Morgan fingerprint density at radius 2 is 1.74 bits per heavy atom. The highest BCUT2D eigenvalue weighted by molar-refractivity contribution is 6.00. The van der Waals surface area contributed by atoms with Gasteiger partial charge >= 0.3 is 0 Å². The van der Waals surface area contributed by atoms with Gasteiger partial charge in [-0.2, -0.15) is 0 Å². The van der Waals surface area contributed by atoms with Gasteiger partial charge in [0.25, 0.3) is 5.91 Å². The molecular formula is C33H28F2N4O3. The molecule has 212 valence electrons. The molecule has 6 rings (SSSR count). The molecule has 0 spiro atoms. The van der Waals surface area contributed by atoms with Crippen molar-refractivity contribution in [2.75, 3.05) is 37.7 Å². The zero-order valence-corrected chi connectivity index (χ0v) is 23.0. The molecule has 0 aliphatic carbocycles. The molecule has 1 aliphatic heterocycles. The number of halogens is 2. The van der Waals surface area contributed by atoms with Crippen molar-refractivity contribution in [2.45, 2.75) is 6.92 Å². The van der Waals surface area contributed by atoms with Crippen molar-refractivity contribution in [1.29, 1.82) is 0 Å². The summed E-state index contributed by atoms with van der Waals surface area (Å²) in [6, 6.07) is 22.2. The number of hydrogen-bond donors (Lipinski definition) is 0. The Labute approximate surface area is 241 Å². The highest BCUT2D eigenvalue weighted by Crippen LogP contribution is 2.29. The van der Waals surface area contributed by atoms with Crippen LogP contribution >= 0.6 is 0 Å². The van der Waals surface area contributed by atoms with Crippen LogP contribution in [0, 0.1) is 11.6 Å². The van der Waals surface area contributed by atoms with E-state index in [0.717, 1.165) is 34.9 Å². The van der Waals surface area contributed by atoms with Gasteiger partial charge < -0.3 is 14.5 Å². The second-order valence-corrected chi connectivity index (χ2v) is 10.0. The Morgan fingerprint density at radius 3 is 2.50 bits per heavy atom. The fraction of sp³-hybridized carbons (Fsp3) is 0.182. The highest BCUT2D eigenvalue weighted by Gasteiger charge is 2.27. The maximum Gasteiger partial charge on any atom is 0.274 e. The van der Waals surface area contributed by atoms with E-state index >= 15 is 0 Å². The predicted molar refractivity (Wildman–Crippen MR) is 158 cm³/mol. The van der Waals surface area contributed by atoms with Crippen LogP contribution in [-0.4, -0.2) is 59.4 Å². The van der Waals surface area contributed by atoms with Gasteiger partial charge in [-0.3, -0.25) is 14.2 Å². The van der Waals surface area contributed by atoms with Crippen molar-refractivity contribution in [3.63, 3.8) is 0 Å². The van der Waals surface area contributed by atoms with E-state index in [-0.39, 0.29) is 23.0 Å². The summed E-state index contributed by atoms with van der Waals surface area (Å²) in [5.74, 6) is -0.968. The third kappa shape index (κ3) is 5.21. The minimum Gasteiger partial charge on any atom is -0.494 e. The first-order chi connectivity index (χ1) is 20.4. The summed E-state index contributed by atoms with van der Waals surface area (Å²) in [6.45, 7) is 4.36. The number of carbonyl (C=O) groups is 2. The van der Waals surface area contributed by atoms with E-state index in [0.29, 0.717) is 49.8 Å². The van der Waals surface area contributed by atoms with Crippen LogP contribution in [0.15, 0.2) is 85.1 Å². The molecule has 5 aromatic rings. The highest BCUT2D eigenvalue weighted by atomic mass is 19.1. The van der Waals surface area contributed by atoms with Gasteiger partial charge in [0.05, 0.1) is 17.9 Å². The number of nitrogens with zero attached hydrogens (tertiary/aromatic N) is 4. The average molecular weight is 567 g/mol. The van der Waals surface area contributed by atoms with Gasteiger partial charge in [-0.1, -0.05) is 30.3 Å². The maximum absolute atomic E-state index is 14.9. The van der Waals surface area contributed by atoms with Crippen LogP contribution < -0.4 is 9.64 Å². The number of amides is 1. The minimum absolute atomic E-state index is 0.0735. The first-order valence-electron chi connectivity index (χ1n) is 13.8. The third-order valence-corrected chi connectivity index (χ3v) is 7.44. The molecular weight excluding hydrogens is 538 g/mol. The maximum atomic E-state index is 14.9. The van der Waals surface area contributed by atoms with E-state index in [2.05, 4.69) is 16.0 Å². The number of carbonyl (C=O) groups excluding carboxylic acids is 2. The molecule has 0 unspecified atom stereocenters. The van der Waals surface area contributed by atoms with E-state index in [4.69, 9.17) is 4.74 Å². The largest absolute Gasteiger partial charge is 0.494 e. The van der Waals surface area contributed by atoms with Crippen LogP contribution in [0.25, 0.3) is 27.8 Å². The number of aldehydes is 1. The van der Waals surface area contributed by atoms with Crippen LogP contribution in [0.5, 0.6) is 5.75 Å². The number of aromatic nitrogens is 2. The average Bonchev–Trinajstić information content (AvgIpc) is 3.46. The number of rotatable bonds is 7. The molecule has 0 N–H and O–H groups in total. The van der Waals surface area contributed by atoms with Gasteiger partial charge in [0.1, 0.15) is 28.9 Å². The molecule has 1 fully saturated rings. The summed E-state index contributed by atoms with van der Waals surface area (Å²) < 4.78 is 35.9. The van der Waals surface area contributed by atoms with Crippen molar-refractivity contribution in [3.8, 4) is 22.8 Å².